The first-order valence-electron chi connectivity index (χ1n) is 11.7. The van der Waals surface area contributed by atoms with Gasteiger partial charge in [0.1, 0.15) is 0 Å². The predicted molar refractivity (Wildman–Crippen MR) is 147 cm³/mol. The summed E-state index contributed by atoms with van der Waals surface area (Å²) in [7, 11) is 0. The van der Waals surface area contributed by atoms with Crippen LogP contribution < -0.4 is 5.32 Å². The van der Waals surface area contributed by atoms with Gasteiger partial charge in [0.25, 0.3) is 0 Å². The van der Waals surface area contributed by atoms with Crippen molar-refractivity contribution in [2.45, 2.75) is 39.5 Å². The molecular formula is C29H27NS2. The van der Waals surface area contributed by atoms with E-state index in [0.29, 0.717) is 0 Å². The molecule has 0 fully saturated rings. The van der Waals surface area contributed by atoms with Gasteiger partial charge in [0.2, 0.25) is 0 Å². The summed E-state index contributed by atoms with van der Waals surface area (Å²) in [4.78, 5) is 0. The van der Waals surface area contributed by atoms with Crippen LogP contribution in [0, 0.1) is 6.92 Å². The van der Waals surface area contributed by atoms with Crippen molar-refractivity contribution in [1.29, 1.82) is 0 Å². The van der Waals surface area contributed by atoms with Crippen molar-refractivity contribution in [2.24, 2.45) is 0 Å². The minimum atomic E-state index is 1.06. The van der Waals surface area contributed by atoms with Crippen LogP contribution in [0.5, 0.6) is 0 Å². The van der Waals surface area contributed by atoms with Gasteiger partial charge in [-0.3, -0.25) is 0 Å². The number of rotatable bonds is 6. The lowest BCUT2D eigenvalue weighted by Crippen LogP contribution is -2.00. The minimum Gasteiger partial charge on any atom is -0.385 e. The highest BCUT2D eigenvalue weighted by Gasteiger charge is 2.13. The molecule has 32 heavy (non-hydrogen) atoms. The van der Waals surface area contributed by atoms with E-state index in [9.17, 15) is 0 Å². The molecule has 6 rings (SSSR count). The Morgan fingerprint density at radius 3 is 1.88 bits per heavy atom. The molecule has 0 aliphatic carbocycles. The molecule has 0 spiro atoms. The third kappa shape index (κ3) is 3.27. The zero-order valence-corrected chi connectivity index (χ0v) is 20.3. The molecule has 1 N–H and O–H groups in total. The Labute approximate surface area is 196 Å². The van der Waals surface area contributed by atoms with Crippen molar-refractivity contribution in [2.75, 3.05) is 11.9 Å². The fourth-order valence-corrected chi connectivity index (χ4v) is 7.30. The van der Waals surface area contributed by atoms with Gasteiger partial charge >= 0.3 is 0 Å². The van der Waals surface area contributed by atoms with Gasteiger partial charge in [-0.25, -0.2) is 0 Å². The van der Waals surface area contributed by atoms with Crippen molar-refractivity contribution in [3.8, 4) is 0 Å². The molecule has 0 radical (unpaired) electrons. The van der Waals surface area contributed by atoms with Crippen LogP contribution in [0.2, 0.25) is 0 Å². The highest BCUT2D eigenvalue weighted by Crippen LogP contribution is 2.44. The van der Waals surface area contributed by atoms with Gasteiger partial charge in [-0.15, -0.1) is 22.7 Å². The molecule has 2 heterocycles. The number of anilines is 1. The van der Waals surface area contributed by atoms with Crippen LogP contribution in [0.3, 0.4) is 0 Å². The number of hydrogen-bond acceptors (Lipinski definition) is 3. The lowest BCUT2D eigenvalue weighted by atomic mass is 10.0. The van der Waals surface area contributed by atoms with E-state index in [1.54, 1.807) is 0 Å². The minimum absolute atomic E-state index is 1.06. The molecule has 160 valence electrons. The number of aryl methyl sites for hydroxylation is 1. The van der Waals surface area contributed by atoms with E-state index in [4.69, 9.17) is 0 Å². The SMILES string of the molecule is CCCCCCNc1ccc2sc3c(ccc4c3ccc3c5cc(C)ccc5sc34)c2c1. The fraction of sp³-hybridized carbons (Fsp3) is 0.241. The van der Waals surface area contributed by atoms with Crippen LogP contribution in [-0.2, 0) is 0 Å². The van der Waals surface area contributed by atoms with E-state index >= 15 is 0 Å². The topological polar surface area (TPSA) is 12.0 Å². The molecule has 1 nitrogen and oxygen atoms in total. The van der Waals surface area contributed by atoms with Crippen LogP contribution in [-0.4, -0.2) is 6.54 Å². The van der Waals surface area contributed by atoms with Crippen molar-refractivity contribution in [3.05, 3.63) is 66.2 Å². The maximum Gasteiger partial charge on any atom is 0.0434 e. The number of fused-ring (bicyclic) bond motifs is 9. The second kappa shape index (κ2) is 8.06. The normalized spacial score (nSPS) is 12.1. The van der Waals surface area contributed by atoms with Gasteiger partial charge in [-0.1, -0.05) is 62.1 Å². The quantitative estimate of drug-likeness (QED) is 0.247. The summed E-state index contributed by atoms with van der Waals surface area (Å²) >= 11 is 3.86. The summed E-state index contributed by atoms with van der Waals surface area (Å²) < 4.78 is 5.57. The second-order valence-corrected chi connectivity index (χ2v) is 11.0. The van der Waals surface area contributed by atoms with E-state index in [2.05, 4.69) is 79.8 Å². The third-order valence-corrected chi connectivity index (χ3v) is 9.02. The van der Waals surface area contributed by atoms with Gasteiger partial charge in [0.05, 0.1) is 0 Å². The highest BCUT2D eigenvalue weighted by molar-refractivity contribution is 7.28. The molecule has 0 amide bonds. The molecule has 2 aromatic heterocycles. The Bertz CT molecular complexity index is 1600. The lowest BCUT2D eigenvalue weighted by molar-refractivity contribution is 0.685. The van der Waals surface area contributed by atoms with E-state index in [1.807, 2.05) is 22.7 Å². The number of benzene rings is 4. The predicted octanol–water partition coefficient (Wildman–Crippen LogP) is 9.88. The van der Waals surface area contributed by atoms with Gasteiger partial charge in [-0.2, -0.15) is 0 Å². The monoisotopic (exact) mass is 453 g/mol. The summed E-state index contributed by atoms with van der Waals surface area (Å²) in [5.41, 5.74) is 2.57. The van der Waals surface area contributed by atoms with E-state index in [0.717, 1.165) is 6.54 Å². The van der Waals surface area contributed by atoms with Crippen LogP contribution in [0.25, 0.3) is 51.1 Å². The van der Waals surface area contributed by atoms with Crippen molar-refractivity contribution >= 4 is 79.5 Å². The summed E-state index contributed by atoms with van der Waals surface area (Å²) in [6, 6.07) is 23.1. The first kappa shape index (κ1) is 20.0. The molecule has 4 aromatic carbocycles. The Morgan fingerprint density at radius 1 is 0.625 bits per heavy atom. The van der Waals surface area contributed by atoms with E-state index < -0.39 is 0 Å². The number of hydrogen-bond donors (Lipinski definition) is 1. The summed E-state index contributed by atoms with van der Waals surface area (Å²) in [5.74, 6) is 0. The van der Waals surface area contributed by atoms with E-state index in [1.165, 1.54) is 88.1 Å². The first-order valence-corrected chi connectivity index (χ1v) is 13.3. The summed E-state index contributed by atoms with van der Waals surface area (Å²) in [5, 5.41) is 11.9. The highest BCUT2D eigenvalue weighted by atomic mass is 32.1. The Kier molecular flexibility index (Phi) is 5.04. The number of thiophene rings is 2. The molecule has 3 heteroatoms. The third-order valence-electron chi connectivity index (χ3n) is 6.58. The molecule has 0 aliphatic heterocycles. The van der Waals surface area contributed by atoms with E-state index in [-0.39, 0.29) is 0 Å². The largest absolute Gasteiger partial charge is 0.385 e. The summed E-state index contributed by atoms with van der Waals surface area (Å²) in [6.07, 6.45) is 5.17. The van der Waals surface area contributed by atoms with Gasteiger partial charge in [0, 0.05) is 63.3 Å². The van der Waals surface area contributed by atoms with Crippen LogP contribution >= 0.6 is 22.7 Å². The fourth-order valence-electron chi connectivity index (χ4n) is 4.88. The zero-order valence-electron chi connectivity index (χ0n) is 18.6. The van der Waals surface area contributed by atoms with Gasteiger partial charge < -0.3 is 5.32 Å². The number of nitrogens with one attached hydrogen (secondary N) is 1. The molecule has 0 atom stereocenters. The molecule has 0 saturated carbocycles. The second-order valence-electron chi connectivity index (χ2n) is 8.88. The Hall–Kier alpha value is -2.62. The molecule has 0 unspecified atom stereocenters. The molecule has 6 aromatic rings. The molecule has 0 saturated heterocycles. The van der Waals surface area contributed by atoms with Crippen LogP contribution in [0.15, 0.2) is 60.7 Å². The lowest BCUT2D eigenvalue weighted by Gasteiger charge is -2.06. The average Bonchev–Trinajstić information content (AvgIpc) is 3.36. The molecular weight excluding hydrogens is 426 g/mol. The Balaban J connectivity index is 1.46. The van der Waals surface area contributed by atoms with Crippen molar-refractivity contribution in [1.82, 2.24) is 0 Å². The van der Waals surface area contributed by atoms with Gasteiger partial charge in [-0.05, 0) is 43.7 Å². The maximum atomic E-state index is 3.64. The van der Waals surface area contributed by atoms with Crippen molar-refractivity contribution < 1.29 is 0 Å². The molecule has 0 bridgehead atoms. The van der Waals surface area contributed by atoms with Crippen molar-refractivity contribution in [3.63, 3.8) is 0 Å². The maximum absolute atomic E-state index is 3.64. The van der Waals surface area contributed by atoms with Gasteiger partial charge in [0.15, 0.2) is 0 Å². The summed E-state index contributed by atoms with van der Waals surface area (Å²) in [6.45, 7) is 5.50. The van der Waals surface area contributed by atoms with Crippen LogP contribution in [0.1, 0.15) is 38.2 Å². The molecule has 0 aliphatic rings. The Morgan fingerprint density at radius 2 is 1.22 bits per heavy atom. The first-order chi connectivity index (χ1) is 15.7. The number of unbranched alkanes of at least 4 members (excludes halogenated alkanes) is 3. The average molecular weight is 454 g/mol. The van der Waals surface area contributed by atoms with Crippen LogP contribution in [0.4, 0.5) is 5.69 Å². The standard InChI is InChI=1S/C29H27NS2/c1-3-4-5-6-15-30-19-8-14-27-25(17-19)23-12-10-20-21(29(23)32-27)9-11-22-24-16-18(2)7-13-26(24)31-28(20)22/h7-14,16-17,30H,3-6,15H2,1-2H3. The smallest absolute Gasteiger partial charge is 0.0434 e. The zero-order chi connectivity index (χ0) is 21.7.